The average molecular weight is 288 g/mol. The summed E-state index contributed by atoms with van der Waals surface area (Å²) in [5.41, 5.74) is 4.76. The molecule has 1 aliphatic heterocycles. The van der Waals surface area contributed by atoms with Crippen LogP contribution in [-0.4, -0.2) is 22.5 Å². The topological polar surface area (TPSA) is 46.3 Å². The molecule has 0 aromatic carbocycles. The van der Waals surface area contributed by atoms with Gasteiger partial charge in [-0.15, -0.1) is 11.3 Å². The minimum absolute atomic E-state index is 0.185. The van der Waals surface area contributed by atoms with Crippen LogP contribution < -0.4 is 0 Å². The van der Waals surface area contributed by atoms with Crippen LogP contribution in [0, 0.1) is 0 Å². The number of hydrogen-bond acceptors (Lipinski definition) is 4. The highest BCUT2D eigenvalue weighted by molar-refractivity contribution is 7.12. The van der Waals surface area contributed by atoms with Gasteiger partial charge in [0.25, 0.3) is 5.91 Å². The van der Waals surface area contributed by atoms with E-state index >= 15 is 0 Å². The van der Waals surface area contributed by atoms with E-state index in [1.807, 2.05) is 4.90 Å². The maximum absolute atomic E-state index is 12.7. The van der Waals surface area contributed by atoms with Gasteiger partial charge in [-0.25, -0.2) is 0 Å². The van der Waals surface area contributed by atoms with Gasteiger partial charge in [-0.3, -0.25) is 4.79 Å². The monoisotopic (exact) mass is 288 g/mol. The molecule has 0 saturated carbocycles. The van der Waals surface area contributed by atoms with Crippen molar-refractivity contribution >= 4 is 17.2 Å². The number of fused-ring (bicyclic) bond motifs is 2. The second-order valence-electron chi connectivity index (χ2n) is 5.54. The van der Waals surface area contributed by atoms with Crippen LogP contribution in [0.3, 0.4) is 0 Å². The molecule has 4 nitrogen and oxygen atoms in total. The summed E-state index contributed by atoms with van der Waals surface area (Å²) in [7, 11) is 0. The summed E-state index contributed by atoms with van der Waals surface area (Å²) in [6, 6.07) is 0. The Bertz CT molecular complexity index is 659. The lowest BCUT2D eigenvalue weighted by molar-refractivity contribution is 0.0738. The van der Waals surface area contributed by atoms with Gasteiger partial charge >= 0.3 is 0 Å². The Hall–Kier alpha value is -1.62. The lowest BCUT2D eigenvalue weighted by Crippen LogP contribution is -2.35. The van der Waals surface area contributed by atoms with Crippen molar-refractivity contribution in [2.75, 3.05) is 6.54 Å². The number of amides is 1. The third-order valence-electron chi connectivity index (χ3n) is 4.29. The molecule has 2 aliphatic rings. The molecule has 0 bridgehead atoms. The zero-order valence-electron chi connectivity index (χ0n) is 11.2. The van der Waals surface area contributed by atoms with Gasteiger partial charge in [-0.2, -0.15) is 0 Å². The van der Waals surface area contributed by atoms with Crippen LogP contribution in [0.15, 0.2) is 16.2 Å². The van der Waals surface area contributed by atoms with Crippen molar-refractivity contribution in [3.63, 3.8) is 0 Å². The fourth-order valence-corrected chi connectivity index (χ4v) is 4.28. The molecule has 4 rings (SSSR count). The third-order valence-corrected chi connectivity index (χ3v) is 5.35. The van der Waals surface area contributed by atoms with Gasteiger partial charge in [0.1, 0.15) is 6.26 Å². The Kier molecular flexibility index (Phi) is 2.88. The molecular formula is C15H16N2O2S. The van der Waals surface area contributed by atoms with Crippen molar-refractivity contribution in [1.82, 2.24) is 10.1 Å². The van der Waals surface area contributed by atoms with Crippen molar-refractivity contribution < 1.29 is 9.32 Å². The van der Waals surface area contributed by atoms with Crippen LogP contribution >= 0.6 is 11.3 Å². The van der Waals surface area contributed by atoms with Crippen LogP contribution in [0.25, 0.3) is 0 Å². The molecule has 0 fully saturated rings. The highest BCUT2D eigenvalue weighted by Gasteiger charge is 2.28. The number of aryl methyl sites for hydroxylation is 1. The zero-order valence-corrected chi connectivity index (χ0v) is 12.0. The Morgan fingerprint density at radius 2 is 2.15 bits per heavy atom. The lowest BCUT2D eigenvalue weighted by Gasteiger charge is -2.26. The maximum Gasteiger partial charge on any atom is 0.264 e. The van der Waals surface area contributed by atoms with E-state index in [4.69, 9.17) is 4.52 Å². The number of hydrogen-bond donors (Lipinski definition) is 0. The first-order chi connectivity index (χ1) is 9.83. The first-order valence-electron chi connectivity index (χ1n) is 7.13. The van der Waals surface area contributed by atoms with E-state index in [-0.39, 0.29) is 5.91 Å². The van der Waals surface area contributed by atoms with Gasteiger partial charge in [-0.1, -0.05) is 5.16 Å². The van der Waals surface area contributed by atoms with Crippen molar-refractivity contribution in [1.29, 1.82) is 0 Å². The van der Waals surface area contributed by atoms with Crippen LogP contribution in [-0.2, 0) is 25.8 Å². The molecule has 1 amide bonds. The first-order valence-corrected chi connectivity index (χ1v) is 8.01. The highest BCUT2D eigenvalue weighted by Crippen LogP contribution is 2.31. The molecule has 3 heterocycles. The Balaban J connectivity index is 1.61. The minimum Gasteiger partial charge on any atom is -0.364 e. The number of carbonyl (C=O) groups is 1. The molecule has 20 heavy (non-hydrogen) atoms. The Morgan fingerprint density at radius 1 is 1.25 bits per heavy atom. The molecule has 2 aromatic rings. The molecule has 104 valence electrons. The maximum atomic E-state index is 12.7. The highest BCUT2D eigenvalue weighted by atomic mass is 32.1. The van der Waals surface area contributed by atoms with Crippen LogP contribution in [0.1, 0.15) is 44.9 Å². The quantitative estimate of drug-likeness (QED) is 0.810. The van der Waals surface area contributed by atoms with E-state index in [2.05, 4.69) is 10.5 Å². The van der Waals surface area contributed by atoms with E-state index in [0.29, 0.717) is 6.54 Å². The molecule has 0 radical (unpaired) electrons. The second kappa shape index (κ2) is 4.74. The minimum atomic E-state index is 0.185. The summed E-state index contributed by atoms with van der Waals surface area (Å²) >= 11 is 1.62. The average Bonchev–Trinajstić information content (AvgIpc) is 3.12. The van der Waals surface area contributed by atoms with Crippen molar-refractivity contribution in [2.45, 2.75) is 38.6 Å². The van der Waals surface area contributed by atoms with Crippen molar-refractivity contribution in [2.24, 2.45) is 0 Å². The predicted octanol–water partition coefficient (Wildman–Crippen LogP) is 2.81. The van der Waals surface area contributed by atoms with Crippen LogP contribution in [0.2, 0.25) is 0 Å². The fraction of sp³-hybridized carbons (Fsp3) is 0.467. The van der Waals surface area contributed by atoms with Gasteiger partial charge in [0.15, 0.2) is 0 Å². The molecule has 0 unspecified atom stereocenters. The van der Waals surface area contributed by atoms with Gasteiger partial charge in [-0.05, 0) is 42.2 Å². The number of rotatable bonds is 1. The number of nitrogens with zero attached hydrogens (tertiary/aromatic N) is 2. The van der Waals surface area contributed by atoms with Crippen molar-refractivity contribution in [3.8, 4) is 0 Å². The number of carbonyl (C=O) groups excluding carboxylic acids is 1. The summed E-state index contributed by atoms with van der Waals surface area (Å²) < 4.78 is 4.99. The summed E-state index contributed by atoms with van der Waals surface area (Å²) in [6.45, 7) is 1.37. The first kappa shape index (κ1) is 12.1. The van der Waals surface area contributed by atoms with Crippen LogP contribution in [0.4, 0.5) is 0 Å². The summed E-state index contributed by atoms with van der Waals surface area (Å²) in [5.74, 6) is 0.185. The molecule has 5 heteroatoms. The molecule has 0 atom stereocenters. The summed E-state index contributed by atoms with van der Waals surface area (Å²) in [6.07, 6.45) is 7.12. The SMILES string of the molecule is O=C(c1scc2c1CCCC2)N1CCc2nocc2C1. The summed E-state index contributed by atoms with van der Waals surface area (Å²) in [4.78, 5) is 15.6. The second-order valence-corrected chi connectivity index (χ2v) is 6.42. The van der Waals surface area contributed by atoms with Gasteiger partial charge < -0.3 is 9.42 Å². The van der Waals surface area contributed by atoms with Crippen LogP contribution in [0.5, 0.6) is 0 Å². The molecule has 0 N–H and O–H groups in total. The number of aromatic nitrogens is 1. The Morgan fingerprint density at radius 3 is 3.10 bits per heavy atom. The number of thiophene rings is 1. The van der Waals surface area contributed by atoms with E-state index in [9.17, 15) is 4.79 Å². The molecule has 2 aromatic heterocycles. The molecule has 0 spiro atoms. The third kappa shape index (κ3) is 1.88. The van der Waals surface area contributed by atoms with Gasteiger partial charge in [0, 0.05) is 18.5 Å². The van der Waals surface area contributed by atoms with E-state index in [1.54, 1.807) is 17.6 Å². The van der Waals surface area contributed by atoms with Gasteiger partial charge in [0.2, 0.25) is 0 Å². The van der Waals surface area contributed by atoms with Gasteiger partial charge in [0.05, 0.1) is 17.1 Å². The van der Waals surface area contributed by atoms with E-state index in [1.165, 1.54) is 24.0 Å². The smallest absolute Gasteiger partial charge is 0.264 e. The van der Waals surface area contributed by atoms with Crippen molar-refractivity contribution in [3.05, 3.63) is 38.9 Å². The predicted molar refractivity (Wildman–Crippen MR) is 75.9 cm³/mol. The fourth-order valence-electron chi connectivity index (χ4n) is 3.16. The molecular weight excluding hydrogens is 272 g/mol. The summed E-state index contributed by atoms with van der Waals surface area (Å²) in [5, 5.41) is 6.15. The molecule has 0 saturated heterocycles. The van der Waals surface area contributed by atoms with E-state index < -0.39 is 0 Å². The normalized spacial score (nSPS) is 17.7. The Labute approximate surface area is 121 Å². The standard InChI is InChI=1S/C15H16N2O2S/c18-15(14-12-4-2-1-3-10(12)9-20-14)17-6-5-13-11(7-17)8-19-16-13/h8-9H,1-7H2. The largest absolute Gasteiger partial charge is 0.364 e. The molecule has 1 aliphatic carbocycles. The zero-order chi connectivity index (χ0) is 13.5. The lowest BCUT2D eigenvalue weighted by atomic mass is 9.93. The van der Waals surface area contributed by atoms with E-state index in [0.717, 1.165) is 41.9 Å².